The first-order valence-corrected chi connectivity index (χ1v) is 6.64. The second-order valence-electron chi connectivity index (χ2n) is 4.75. The van der Waals surface area contributed by atoms with Gasteiger partial charge in [0.15, 0.2) is 6.29 Å². The van der Waals surface area contributed by atoms with Crippen molar-refractivity contribution in [1.29, 1.82) is 0 Å². The number of benzene rings is 1. The van der Waals surface area contributed by atoms with Crippen molar-refractivity contribution in [3.05, 3.63) is 23.9 Å². The van der Waals surface area contributed by atoms with Crippen molar-refractivity contribution < 1.29 is 9.53 Å². The number of hydrogen-bond acceptors (Lipinski definition) is 4. The largest absolute Gasteiger partial charge is 0.488 e. The zero-order valence-electron chi connectivity index (χ0n) is 10.9. The van der Waals surface area contributed by atoms with Crippen molar-refractivity contribution in [2.24, 2.45) is 0 Å². The van der Waals surface area contributed by atoms with Gasteiger partial charge in [-0.1, -0.05) is 0 Å². The first-order chi connectivity index (χ1) is 9.31. The average Bonchev–Trinajstić information content (AvgIpc) is 3.07. The number of hydrogen-bond donors (Lipinski definition) is 1. The van der Waals surface area contributed by atoms with Gasteiger partial charge in [0, 0.05) is 24.8 Å². The highest BCUT2D eigenvalue weighted by molar-refractivity contribution is 5.98. The van der Waals surface area contributed by atoms with Crippen LogP contribution in [0.5, 0.6) is 5.75 Å². The van der Waals surface area contributed by atoms with Crippen LogP contribution in [-0.4, -0.2) is 35.3 Å². The van der Waals surface area contributed by atoms with Crippen LogP contribution in [0.3, 0.4) is 0 Å². The Morgan fingerprint density at radius 3 is 3.16 bits per heavy atom. The SMILES string of the molecule is CCn1cc2c(OC3CCNC3)ccc(C=O)c2n1. The summed E-state index contributed by atoms with van der Waals surface area (Å²) in [5, 5.41) is 8.62. The minimum atomic E-state index is 0.204. The Balaban J connectivity index is 2.03. The van der Waals surface area contributed by atoms with E-state index >= 15 is 0 Å². The number of nitrogens with zero attached hydrogens (tertiary/aromatic N) is 2. The second kappa shape index (κ2) is 5.01. The molecule has 5 heteroatoms. The average molecular weight is 259 g/mol. The molecule has 0 saturated carbocycles. The van der Waals surface area contributed by atoms with Gasteiger partial charge < -0.3 is 10.1 Å². The van der Waals surface area contributed by atoms with Gasteiger partial charge in [-0.05, 0) is 32.0 Å². The van der Waals surface area contributed by atoms with E-state index in [4.69, 9.17) is 4.74 Å². The Hall–Kier alpha value is -1.88. The van der Waals surface area contributed by atoms with E-state index in [2.05, 4.69) is 10.4 Å². The lowest BCUT2D eigenvalue weighted by atomic mass is 10.1. The molecule has 0 amide bonds. The lowest BCUT2D eigenvalue weighted by molar-refractivity contribution is 0.112. The molecule has 1 N–H and O–H groups in total. The summed E-state index contributed by atoms with van der Waals surface area (Å²) in [6.45, 7) is 4.67. The van der Waals surface area contributed by atoms with Crippen LogP contribution in [0.4, 0.5) is 0 Å². The van der Waals surface area contributed by atoms with Gasteiger partial charge in [-0.15, -0.1) is 0 Å². The molecule has 1 aromatic carbocycles. The smallest absolute Gasteiger partial charge is 0.152 e. The molecule has 0 spiro atoms. The number of aldehydes is 1. The molecule has 2 aromatic rings. The Kier molecular flexibility index (Phi) is 3.21. The molecule has 1 atom stereocenters. The van der Waals surface area contributed by atoms with Gasteiger partial charge in [0.2, 0.25) is 0 Å². The zero-order chi connectivity index (χ0) is 13.2. The van der Waals surface area contributed by atoms with Crippen molar-refractivity contribution in [1.82, 2.24) is 15.1 Å². The van der Waals surface area contributed by atoms with Crippen molar-refractivity contribution in [3.63, 3.8) is 0 Å². The number of carbonyl (C=O) groups excluding carboxylic acids is 1. The summed E-state index contributed by atoms with van der Waals surface area (Å²) >= 11 is 0. The standard InChI is InChI=1S/C14H17N3O2/c1-2-17-8-12-13(19-11-5-6-15-7-11)4-3-10(9-18)14(12)16-17/h3-4,8-9,11,15H,2,5-7H2,1H3. The van der Waals surface area contributed by atoms with Crippen LogP contribution in [0.15, 0.2) is 18.3 Å². The van der Waals surface area contributed by atoms with Crippen LogP contribution in [0.25, 0.3) is 10.9 Å². The Morgan fingerprint density at radius 1 is 1.58 bits per heavy atom. The van der Waals surface area contributed by atoms with E-state index in [0.717, 1.165) is 49.0 Å². The van der Waals surface area contributed by atoms with Crippen LogP contribution in [0.1, 0.15) is 23.7 Å². The van der Waals surface area contributed by atoms with Crippen LogP contribution in [-0.2, 0) is 6.54 Å². The summed E-state index contributed by atoms with van der Waals surface area (Å²) in [5.74, 6) is 0.814. The molecule has 1 unspecified atom stereocenters. The molecule has 1 aliphatic heterocycles. The van der Waals surface area contributed by atoms with E-state index in [0.29, 0.717) is 5.56 Å². The van der Waals surface area contributed by atoms with Gasteiger partial charge in [0.05, 0.1) is 5.39 Å². The van der Waals surface area contributed by atoms with Gasteiger partial charge in [0.25, 0.3) is 0 Å². The van der Waals surface area contributed by atoms with Crippen molar-refractivity contribution >= 4 is 17.2 Å². The molecule has 1 aliphatic rings. The third kappa shape index (κ3) is 2.21. The lowest BCUT2D eigenvalue weighted by Gasteiger charge is -2.13. The van der Waals surface area contributed by atoms with Gasteiger partial charge in [-0.3, -0.25) is 9.48 Å². The summed E-state index contributed by atoms with van der Waals surface area (Å²) in [6.07, 6.45) is 4.00. The first-order valence-electron chi connectivity index (χ1n) is 6.64. The third-order valence-electron chi connectivity index (χ3n) is 3.47. The van der Waals surface area contributed by atoms with E-state index in [1.54, 1.807) is 6.07 Å². The van der Waals surface area contributed by atoms with E-state index in [1.807, 2.05) is 23.9 Å². The Labute approximate surface area is 111 Å². The van der Waals surface area contributed by atoms with Crippen LogP contribution in [0.2, 0.25) is 0 Å². The van der Waals surface area contributed by atoms with Gasteiger partial charge >= 0.3 is 0 Å². The van der Waals surface area contributed by atoms with Gasteiger partial charge in [-0.2, -0.15) is 5.10 Å². The molecule has 19 heavy (non-hydrogen) atoms. The number of aryl methyl sites for hydroxylation is 1. The molecule has 3 rings (SSSR count). The molecule has 0 bridgehead atoms. The van der Waals surface area contributed by atoms with Gasteiger partial charge in [-0.25, -0.2) is 0 Å². The van der Waals surface area contributed by atoms with E-state index < -0.39 is 0 Å². The predicted octanol–water partition coefficient (Wildman–Crippen LogP) is 1.61. The van der Waals surface area contributed by atoms with E-state index in [-0.39, 0.29) is 6.10 Å². The van der Waals surface area contributed by atoms with Crippen molar-refractivity contribution in [3.8, 4) is 5.75 Å². The quantitative estimate of drug-likeness (QED) is 0.848. The molecular formula is C14H17N3O2. The zero-order valence-corrected chi connectivity index (χ0v) is 10.9. The van der Waals surface area contributed by atoms with Gasteiger partial charge in [0.1, 0.15) is 17.4 Å². The second-order valence-corrected chi connectivity index (χ2v) is 4.75. The number of rotatable bonds is 4. The number of nitrogens with one attached hydrogen (secondary N) is 1. The van der Waals surface area contributed by atoms with E-state index in [9.17, 15) is 4.79 Å². The molecule has 0 radical (unpaired) electrons. The number of carbonyl (C=O) groups is 1. The summed E-state index contributed by atoms with van der Waals surface area (Å²) in [6, 6.07) is 3.64. The number of fused-ring (bicyclic) bond motifs is 1. The Bertz CT molecular complexity index is 600. The molecule has 1 fully saturated rings. The summed E-state index contributed by atoms with van der Waals surface area (Å²) in [7, 11) is 0. The van der Waals surface area contributed by atoms with Crippen LogP contribution >= 0.6 is 0 Å². The fourth-order valence-corrected chi connectivity index (χ4v) is 2.42. The summed E-state index contributed by atoms with van der Waals surface area (Å²) in [4.78, 5) is 11.1. The summed E-state index contributed by atoms with van der Waals surface area (Å²) in [5.41, 5.74) is 1.33. The molecule has 1 saturated heterocycles. The third-order valence-corrected chi connectivity index (χ3v) is 3.47. The molecule has 2 heterocycles. The number of ether oxygens (including phenoxy) is 1. The highest BCUT2D eigenvalue weighted by atomic mass is 16.5. The predicted molar refractivity (Wildman–Crippen MR) is 72.7 cm³/mol. The monoisotopic (exact) mass is 259 g/mol. The topological polar surface area (TPSA) is 56.1 Å². The van der Waals surface area contributed by atoms with Crippen molar-refractivity contribution in [2.45, 2.75) is 26.0 Å². The number of aromatic nitrogens is 2. The minimum absolute atomic E-state index is 0.204. The summed E-state index contributed by atoms with van der Waals surface area (Å²) < 4.78 is 7.84. The molecular weight excluding hydrogens is 242 g/mol. The van der Waals surface area contributed by atoms with Crippen molar-refractivity contribution in [2.75, 3.05) is 13.1 Å². The highest BCUT2D eigenvalue weighted by Gasteiger charge is 2.18. The van der Waals surface area contributed by atoms with E-state index in [1.165, 1.54) is 0 Å². The maximum Gasteiger partial charge on any atom is 0.152 e. The molecule has 0 aliphatic carbocycles. The molecule has 1 aromatic heterocycles. The Morgan fingerprint density at radius 2 is 2.47 bits per heavy atom. The first kappa shape index (κ1) is 12.2. The lowest BCUT2D eigenvalue weighted by Crippen LogP contribution is -2.19. The normalized spacial score (nSPS) is 18.9. The molecule has 5 nitrogen and oxygen atoms in total. The maximum atomic E-state index is 11.1. The highest BCUT2D eigenvalue weighted by Crippen LogP contribution is 2.28. The minimum Gasteiger partial charge on any atom is -0.488 e. The van der Waals surface area contributed by atoms with Crippen LogP contribution < -0.4 is 10.1 Å². The fraction of sp³-hybridized carbons (Fsp3) is 0.429. The van der Waals surface area contributed by atoms with Crippen LogP contribution in [0, 0.1) is 0 Å². The molecule has 100 valence electrons. The maximum absolute atomic E-state index is 11.1. The fourth-order valence-electron chi connectivity index (χ4n) is 2.42.